The molecule has 20 heteroatoms. The van der Waals surface area contributed by atoms with E-state index in [-0.39, 0.29) is 42.9 Å². The maximum Gasteiger partial charge on any atom is 0.511 e. The quantitative estimate of drug-likeness (QED) is 0.0620. The molecular formula is C20H21F8NO9S2. The van der Waals surface area contributed by atoms with Gasteiger partial charge in [0.2, 0.25) is 12.4 Å². The lowest BCUT2D eigenvalue weighted by atomic mass is 9.98. The molecule has 2 rings (SSSR count). The molecule has 10 nitrogen and oxygen atoms in total. The van der Waals surface area contributed by atoms with Gasteiger partial charge < -0.3 is 23.8 Å². The van der Waals surface area contributed by atoms with Crippen molar-refractivity contribution in [1.82, 2.24) is 0 Å². The number of hydrogen-bond donors (Lipinski definition) is 0. The van der Waals surface area contributed by atoms with Crippen LogP contribution in [0.4, 0.5) is 37.4 Å². The number of carbonyl (C=O) groups excluding carboxylic acids is 2. The van der Waals surface area contributed by atoms with Gasteiger partial charge in [-0.3, -0.25) is 0 Å². The first-order valence-electron chi connectivity index (χ1n) is 10.9. The smallest absolute Gasteiger partial charge is 0.475 e. The lowest BCUT2D eigenvalue weighted by Gasteiger charge is -2.41. The standard InChI is InChI=1S/C20H21F8NO9S2/c1-3-12-8-14(40(24,25,26,27)28)9-13-10-15(17(20(21,22)23)38-16(12)13)18(30)36-11(2)37-19(31)34-4-6-39-7-5-35-29(32)33/h8-11,17H,3-7H2,1-2H3/t11?,17-/m0/s1. The van der Waals surface area contributed by atoms with Crippen LogP contribution in [0.2, 0.25) is 0 Å². The summed E-state index contributed by atoms with van der Waals surface area (Å²) < 4.78 is 127. The van der Waals surface area contributed by atoms with Crippen LogP contribution in [0.1, 0.15) is 25.0 Å². The van der Waals surface area contributed by atoms with Crippen molar-refractivity contribution in [3.05, 3.63) is 38.9 Å². The Kier molecular flexibility index (Phi) is 9.40. The highest BCUT2D eigenvalue weighted by Gasteiger charge is 2.66. The van der Waals surface area contributed by atoms with E-state index < -0.39 is 79.8 Å². The molecule has 1 aliphatic heterocycles. The van der Waals surface area contributed by atoms with Crippen molar-refractivity contribution in [2.75, 3.05) is 24.7 Å². The molecule has 1 heterocycles. The van der Waals surface area contributed by atoms with Gasteiger partial charge in [0.15, 0.2) is 0 Å². The zero-order chi connectivity index (χ0) is 30.6. The van der Waals surface area contributed by atoms with Gasteiger partial charge in [0.1, 0.15) is 23.9 Å². The average Bonchev–Trinajstić information content (AvgIpc) is 2.79. The number of alkyl halides is 3. The minimum Gasteiger partial charge on any atom is -0.475 e. The van der Waals surface area contributed by atoms with E-state index in [0.29, 0.717) is 0 Å². The largest absolute Gasteiger partial charge is 0.511 e. The van der Waals surface area contributed by atoms with Crippen LogP contribution in [-0.2, 0) is 30.3 Å². The van der Waals surface area contributed by atoms with Crippen molar-refractivity contribution in [2.24, 2.45) is 0 Å². The van der Waals surface area contributed by atoms with E-state index in [4.69, 9.17) is 4.74 Å². The fraction of sp³-hybridized carbons (Fsp3) is 0.500. The predicted octanol–water partition coefficient (Wildman–Crippen LogP) is 6.60. The van der Waals surface area contributed by atoms with Crippen molar-refractivity contribution in [1.29, 1.82) is 0 Å². The molecule has 0 fully saturated rings. The van der Waals surface area contributed by atoms with E-state index in [1.807, 2.05) is 0 Å². The number of esters is 1. The Bertz CT molecular complexity index is 1180. The molecule has 1 aliphatic rings. The van der Waals surface area contributed by atoms with Gasteiger partial charge in [-0.15, -0.1) is 10.1 Å². The Balaban J connectivity index is 2.17. The van der Waals surface area contributed by atoms with Crippen molar-refractivity contribution in [2.45, 2.75) is 43.7 Å². The Hall–Kier alpha value is -3.16. The first kappa shape index (κ1) is 33.0. The van der Waals surface area contributed by atoms with E-state index in [9.17, 15) is 52.3 Å². The molecule has 1 aromatic rings. The summed E-state index contributed by atoms with van der Waals surface area (Å²) in [5.41, 5.74) is -2.87. The molecule has 0 spiro atoms. The molecule has 0 amide bonds. The predicted molar refractivity (Wildman–Crippen MR) is 124 cm³/mol. The fourth-order valence-electron chi connectivity index (χ4n) is 3.12. The number of hydrogen-bond acceptors (Lipinski definition) is 10. The maximum atomic E-state index is 13.7. The van der Waals surface area contributed by atoms with Crippen LogP contribution in [0.3, 0.4) is 0 Å². The average molecular weight is 636 g/mol. The third-order valence-corrected chi connectivity index (χ3v) is 6.80. The summed E-state index contributed by atoms with van der Waals surface area (Å²) in [6.45, 7) is 1.61. The number of nitrogens with zero attached hydrogens (tertiary/aromatic N) is 1. The molecule has 40 heavy (non-hydrogen) atoms. The monoisotopic (exact) mass is 635 g/mol. The second-order valence-electron chi connectivity index (χ2n) is 7.82. The van der Waals surface area contributed by atoms with Crippen LogP contribution >= 0.6 is 22.0 Å². The fourth-order valence-corrected chi connectivity index (χ4v) is 4.43. The molecule has 0 saturated heterocycles. The molecule has 0 aliphatic carbocycles. The van der Waals surface area contributed by atoms with Crippen LogP contribution in [0.5, 0.6) is 5.75 Å². The zero-order valence-electron chi connectivity index (χ0n) is 20.4. The number of fused-ring (bicyclic) bond motifs is 1. The number of aryl methyl sites for hydroxylation is 1. The normalized spacial score (nSPS) is 17.6. The zero-order valence-corrected chi connectivity index (χ0v) is 22.0. The number of ether oxygens (including phenoxy) is 4. The molecule has 0 N–H and O–H groups in total. The second kappa shape index (κ2) is 11.4. The van der Waals surface area contributed by atoms with Gasteiger partial charge in [-0.25, -0.2) is 9.59 Å². The van der Waals surface area contributed by atoms with Gasteiger partial charge in [0.25, 0.3) is 5.09 Å². The molecule has 228 valence electrons. The highest BCUT2D eigenvalue weighted by Crippen LogP contribution is 3.02. The summed E-state index contributed by atoms with van der Waals surface area (Å²) in [6, 6.07) is -0.139. The van der Waals surface area contributed by atoms with Crippen LogP contribution in [0.25, 0.3) is 6.08 Å². The topological polar surface area (TPSA) is 123 Å². The minimum atomic E-state index is -10.3. The number of halogens is 8. The molecular weight excluding hydrogens is 614 g/mol. The lowest BCUT2D eigenvalue weighted by Crippen LogP contribution is -2.41. The van der Waals surface area contributed by atoms with Gasteiger partial charge in [0.05, 0.1) is 5.57 Å². The molecule has 1 unspecified atom stereocenters. The van der Waals surface area contributed by atoms with Gasteiger partial charge in [-0.05, 0) is 30.2 Å². The number of rotatable bonds is 12. The Labute approximate surface area is 224 Å². The Morgan fingerprint density at radius 3 is 2.30 bits per heavy atom. The van der Waals surface area contributed by atoms with E-state index in [0.717, 1.165) is 18.7 Å². The van der Waals surface area contributed by atoms with Gasteiger partial charge >= 0.3 is 28.5 Å². The van der Waals surface area contributed by atoms with Gasteiger partial charge in [-0.2, -0.15) is 24.9 Å². The Morgan fingerprint density at radius 2 is 1.75 bits per heavy atom. The summed E-state index contributed by atoms with van der Waals surface area (Å²) in [5.74, 6) is -2.28. The number of benzene rings is 1. The van der Waals surface area contributed by atoms with Crippen LogP contribution in [0, 0.1) is 10.1 Å². The molecule has 2 atom stereocenters. The van der Waals surface area contributed by atoms with Crippen molar-refractivity contribution in [3.63, 3.8) is 0 Å². The van der Waals surface area contributed by atoms with Gasteiger partial charge in [-0.1, -0.05) is 26.4 Å². The van der Waals surface area contributed by atoms with E-state index in [1.54, 1.807) is 0 Å². The van der Waals surface area contributed by atoms with Crippen molar-refractivity contribution in [3.8, 4) is 5.75 Å². The van der Waals surface area contributed by atoms with Crippen molar-refractivity contribution < 1.29 is 71.1 Å². The summed E-state index contributed by atoms with van der Waals surface area (Å²) in [5, 5.41) is 9.00. The highest BCUT2D eigenvalue weighted by molar-refractivity contribution is 8.45. The summed E-state index contributed by atoms with van der Waals surface area (Å²) in [7, 11) is -10.3. The summed E-state index contributed by atoms with van der Waals surface area (Å²) in [6.07, 6.45) is -11.7. The number of thioether (sulfide) groups is 1. The first-order chi connectivity index (χ1) is 18.1. The molecule has 0 bridgehead atoms. The highest BCUT2D eigenvalue weighted by atomic mass is 32.5. The summed E-state index contributed by atoms with van der Waals surface area (Å²) in [4.78, 5) is 35.8. The third kappa shape index (κ3) is 9.49. The molecule has 0 aromatic heterocycles. The molecule has 0 saturated carbocycles. The van der Waals surface area contributed by atoms with Crippen LogP contribution < -0.4 is 4.74 Å². The van der Waals surface area contributed by atoms with Gasteiger partial charge in [0, 0.05) is 24.0 Å². The van der Waals surface area contributed by atoms with Crippen LogP contribution in [0.15, 0.2) is 22.6 Å². The maximum absolute atomic E-state index is 13.7. The molecule has 1 aromatic carbocycles. The SMILES string of the molecule is CCc1cc(S(F)(F)(F)(F)F)cc2c1O[C@H](C(F)(F)F)C(C(=O)OC(C)OC(=O)OCCSCCO[N+](=O)[O-])=C2. The first-order valence-corrected chi connectivity index (χ1v) is 14.0. The van der Waals surface area contributed by atoms with E-state index in [2.05, 4.69) is 19.0 Å². The lowest BCUT2D eigenvalue weighted by molar-refractivity contribution is -0.756. The third-order valence-electron chi connectivity index (χ3n) is 4.76. The minimum absolute atomic E-state index is 0.00853. The number of carbonyl (C=O) groups is 2. The summed E-state index contributed by atoms with van der Waals surface area (Å²) >= 11 is 1.10. The van der Waals surface area contributed by atoms with Crippen molar-refractivity contribution >= 4 is 40.2 Å². The Morgan fingerprint density at radius 1 is 1.12 bits per heavy atom. The van der Waals surface area contributed by atoms with Crippen LogP contribution in [-0.4, -0.2) is 60.5 Å². The van der Waals surface area contributed by atoms with E-state index >= 15 is 0 Å². The molecule has 0 radical (unpaired) electrons. The second-order valence-corrected chi connectivity index (χ2v) is 11.5. The van der Waals surface area contributed by atoms with E-state index in [1.165, 1.54) is 6.92 Å².